The summed E-state index contributed by atoms with van der Waals surface area (Å²) in [5, 5.41) is 2.87. The molecule has 1 atom stereocenters. The van der Waals surface area contributed by atoms with Gasteiger partial charge in [0.15, 0.2) is 11.5 Å². The molecule has 1 aliphatic heterocycles. The topological polar surface area (TPSA) is 73.6 Å². The summed E-state index contributed by atoms with van der Waals surface area (Å²) in [4.78, 5) is 11.9. The lowest BCUT2D eigenvalue weighted by Gasteiger charge is -2.18. The Morgan fingerprint density at radius 1 is 1.37 bits per heavy atom. The van der Waals surface area contributed by atoms with Crippen LogP contribution in [0.2, 0.25) is 0 Å². The van der Waals surface area contributed by atoms with Crippen molar-refractivity contribution in [1.82, 2.24) is 5.32 Å². The third-order valence-corrected chi connectivity index (χ3v) is 2.93. The van der Waals surface area contributed by atoms with Crippen LogP contribution in [0.3, 0.4) is 0 Å². The van der Waals surface area contributed by atoms with Crippen LogP contribution in [0.5, 0.6) is 11.5 Å². The largest absolute Gasteiger partial charge is 0.486 e. The van der Waals surface area contributed by atoms with Gasteiger partial charge in [-0.05, 0) is 38.0 Å². The summed E-state index contributed by atoms with van der Waals surface area (Å²) in [7, 11) is 0. The maximum absolute atomic E-state index is 11.9. The first-order valence-corrected chi connectivity index (χ1v) is 6.60. The van der Waals surface area contributed by atoms with E-state index in [4.69, 9.17) is 15.2 Å². The van der Waals surface area contributed by atoms with Gasteiger partial charge in [0.1, 0.15) is 13.2 Å². The Labute approximate surface area is 113 Å². The number of nitrogens with two attached hydrogens (primary N) is 1. The third-order valence-electron chi connectivity index (χ3n) is 2.93. The van der Waals surface area contributed by atoms with Crippen molar-refractivity contribution in [1.29, 1.82) is 0 Å². The van der Waals surface area contributed by atoms with Crippen molar-refractivity contribution in [3.8, 4) is 11.5 Å². The predicted octanol–water partition coefficient (Wildman–Crippen LogP) is 1.31. The molecule has 1 amide bonds. The molecule has 0 aromatic heterocycles. The molecule has 0 saturated heterocycles. The molecule has 19 heavy (non-hydrogen) atoms. The van der Waals surface area contributed by atoms with Crippen LogP contribution in [0.1, 0.15) is 30.1 Å². The Morgan fingerprint density at radius 3 is 2.84 bits per heavy atom. The van der Waals surface area contributed by atoms with Crippen molar-refractivity contribution in [2.24, 2.45) is 5.73 Å². The molecule has 1 aliphatic rings. The van der Waals surface area contributed by atoms with Crippen LogP contribution in [0.4, 0.5) is 0 Å². The standard InChI is InChI=1S/C14H20N2O3/c1-10(15)3-2-6-16-14(17)11-4-5-12-13(9-11)19-8-7-18-12/h4-5,9-10H,2-3,6-8,15H2,1H3,(H,16,17). The van der Waals surface area contributed by atoms with E-state index in [1.54, 1.807) is 18.2 Å². The van der Waals surface area contributed by atoms with E-state index < -0.39 is 0 Å². The fourth-order valence-electron chi connectivity index (χ4n) is 1.91. The Bertz CT molecular complexity index is 446. The Balaban J connectivity index is 1.88. The molecular weight excluding hydrogens is 244 g/mol. The molecule has 3 N–H and O–H groups in total. The molecule has 0 radical (unpaired) electrons. The average Bonchev–Trinajstić information content (AvgIpc) is 2.42. The number of ether oxygens (including phenoxy) is 2. The molecule has 0 spiro atoms. The molecule has 1 aromatic carbocycles. The van der Waals surface area contributed by atoms with Crippen LogP contribution in [0, 0.1) is 0 Å². The molecule has 5 heteroatoms. The number of hydrogen-bond donors (Lipinski definition) is 2. The molecule has 104 valence electrons. The van der Waals surface area contributed by atoms with Crippen LogP contribution in [0.25, 0.3) is 0 Å². The van der Waals surface area contributed by atoms with E-state index >= 15 is 0 Å². The van der Waals surface area contributed by atoms with Gasteiger partial charge in [-0.3, -0.25) is 4.79 Å². The summed E-state index contributed by atoms with van der Waals surface area (Å²) in [5.74, 6) is 1.23. The highest BCUT2D eigenvalue weighted by Crippen LogP contribution is 2.30. The molecule has 0 bridgehead atoms. The molecule has 0 saturated carbocycles. The zero-order chi connectivity index (χ0) is 13.7. The first-order chi connectivity index (χ1) is 9.16. The van der Waals surface area contributed by atoms with Gasteiger partial charge in [-0.15, -0.1) is 0 Å². The first kappa shape index (κ1) is 13.7. The van der Waals surface area contributed by atoms with Crippen molar-refractivity contribution < 1.29 is 14.3 Å². The number of carbonyl (C=O) groups excluding carboxylic acids is 1. The summed E-state index contributed by atoms with van der Waals surface area (Å²) in [5.41, 5.74) is 6.24. The van der Waals surface area contributed by atoms with Crippen LogP contribution in [-0.4, -0.2) is 31.7 Å². The van der Waals surface area contributed by atoms with Crippen molar-refractivity contribution in [3.05, 3.63) is 23.8 Å². The fourth-order valence-corrected chi connectivity index (χ4v) is 1.91. The molecule has 1 unspecified atom stereocenters. The van der Waals surface area contributed by atoms with Gasteiger partial charge in [-0.2, -0.15) is 0 Å². The van der Waals surface area contributed by atoms with E-state index in [1.807, 2.05) is 6.92 Å². The van der Waals surface area contributed by atoms with Gasteiger partial charge < -0.3 is 20.5 Å². The van der Waals surface area contributed by atoms with E-state index in [-0.39, 0.29) is 11.9 Å². The van der Waals surface area contributed by atoms with Gasteiger partial charge in [-0.1, -0.05) is 0 Å². The van der Waals surface area contributed by atoms with Crippen molar-refractivity contribution >= 4 is 5.91 Å². The lowest BCUT2D eigenvalue weighted by molar-refractivity contribution is 0.0951. The van der Waals surface area contributed by atoms with Crippen LogP contribution in [-0.2, 0) is 0 Å². The fraction of sp³-hybridized carbons (Fsp3) is 0.500. The summed E-state index contributed by atoms with van der Waals surface area (Å²) < 4.78 is 10.9. The maximum atomic E-state index is 11.9. The number of rotatable bonds is 5. The van der Waals surface area contributed by atoms with Gasteiger partial charge in [0.05, 0.1) is 0 Å². The normalized spacial score (nSPS) is 14.8. The summed E-state index contributed by atoms with van der Waals surface area (Å²) in [6.45, 7) is 3.67. The first-order valence-electron chi connectivity index (χ1n) is 6.60. The second-order valence-electron chi connectivity index (χ2n) is 4.73. The number of amides is 1. The van der Waals surface area contributed by atoms with E-state index in [2.05, 4.69) is 5.32 Å². The zero-order valence-electron chi connectivity index (χ0n) is 11.1. The molecule has 1 aromatic rings. The number of benzene rings is 1. The third kappa shape index (κ3) is 3.86. The maximum Gasteiger partial charge on any atom is 0.251 e. The Kier molecular flexibility index (Phi) is 4.63. The highest BCUT2D eigenvalue weighted by Gasteiger charge is 2.14. The van der Waals surface area contributed by atoms with Gasteiger partial charge >= 0.3 is 0 Å². The second-order valence-corrected chi connectivity index (χ2v) is 4.73. The number of fused-ring (bicyclic) bond motifs is 1. The minimum absolute atomic E-state index is 0.0957. The predicted molar refractivity (Wildman–Crippen MR) is 72.6 cm³/mol. The number of hydrogen-bond acceptors (Lipinski definition) is 4. The Morgan fingerprint density at radius 2 is 2.11 bits per heavy atom. The van der Waals surface area contributed by atoms with Gasteiger partial charge in [0.2, 0.25) is 0 Å². The summed E-state index contributed by atoms with van der Waals surface area (Å²) >= 11 is 0. The van der Waals surface area contributed by atoms with Gasteiger partial charge in [-0.25, -0.2) is 0 Å². The lowest BCUT2D eigenvalue weighted by atomic mass is 10.1. The second kappa shape index (κ2) is 6.43. The number of carbonyl (C=O) groups is 1. The van der Waals surface area contributed by atoms with E-state index in [0.717, 1.165) is 12.8 Å². The minimum atomic E-state index is -0.0957. The van der Waals surface area contributed by atoms with Crippen LogP contribution in [0.15, 0.2) is 18.2 Å². The quantitative estimate of drug-likeness (QED) is 0.787. The van der Waals surface area contributed by atoms with Crippen molar-refractivity contribution in [2.75, 3.05) is 19.8 Å². The number of nitrogens with one attached hydrogen (secondary N) is 1. The molecular formula is C14H20N2O3. The molecule has 2 rings (SSSR count). The highest BCUT2D eigenvalue weighted by molar-refractivity contribution is 5.94. The van der Waals surface area contributed by atoms with Gasteiger partial charge in [0.25, 0.3) is 5.91 Å². The van der Waals surface area contributed by atoms with Crippen LogP contribution < -0.4 is 20.5 Å². The van der Waals surface area contributed by atoms with Crippen molar-refractivity contribution in [3.63, 3.8) is 0 Å². The smallest absolute Gasteiger partial charge is 0.251 e. The highest BCUT2D eigenvalue weighted by atomic mass is 16.6. The monoisotopic (exact) mass is 264 g/mol. The lowest BCUT2D eigenvalue weighted by Crippen LogP contribution is -2.26. The SMILES string of the molecule is CC(N)CCCNC(=O)c1ccc2c(c1)OCCO2. The van der Waals surface area contributed by atoms with Gasteiger partial charge in [0, 0.05) is 18.2 Å². The van der Waals surface area contributed by atoms with E-state index in [0.29, 0.717) is 36.8 Å². The zero-order valence-corrected chi connectivity index (χ0v) is 11.1. The van der Waals surface area contributed by atoms with Crippen LogP contribution >= 0.6 is 0 Å². The average molecular weight is 264 g/mol. The minimum Gasteiger partial charge on any atom is -0.486 e. The van der Waals surface area contributed by atoms with Crippen molar-refractivity contribution in [2.45, 2.75) is 25.8 Å². The molecule has 5 nitrogen and oxygen atoms in total. The molecule has 1 heterocycles. The van der Waals surface area contributed by atoms with E-state index in [9.17, 15) is 4.79 Å². The summed E-state index contributed by atoms with van der Waals surface area (Å²) in [6.07, 6.45) is 1.79. The Hall–Kier alpha value is -1.75. The molecule has 0 aliphatic carbocycles. The van der Waals surface area contributed by atoms with E-state index in [1.165, 1.54) is 0 Å². The summed E-state index contributed by atoms with van der Waals surface area (Å²) in [6, 6.07) is 5.40. The molecule has 0 fully saturated rings.